The number of piperidine rings is 1. The molecular weight excluding hydrogens is 355 g/mol. The number of nitrogens with zero attached hydrogens (tertiary/aromatic N) is 1. The summed E-state index contributed by atoms with van der Waals surface area (Å²) >= 11 is 12.3. The minimum Gasteiger partial charge on any atom is -0.371 e. The molecule has 4 rings (SSSR count). The molecule has 0 bridgehead atoms. The zero-order chi connectivity index (χ0) is 17.3. The molecule has 1 saturated heterocycles. The van der Waals surface area contributed by atoms with Gasteiger partial charge in [0.05, 0.1) is 23.5 Å². The van der Waals surface area contributed by atoms with Gasteiger partial charge in [0.1, 0.15) is 5.84 Å². The van der Waals surface area contributed by atoms with E-state index in [4.69, 9.17) is 28.2 Å². The number of amidine groups is 1. The lowest BCUT2D eigenvalue weighted by Gasteiger charge is -2.44. The highest BCUT2D eigenvalue weighted by Gasteiger charge is 2.40. The van der Waals surface area contributed by atoms with E-state index in [0.717, 1.165) is 58.8 Å². The summed E-state index contributed by atoms with van der Waals surface area (Å²) in [6.45, 7) is 2.52. The Bertz CT molecular complexity index is 813. The summed E-state index contributed by atoms with van der Waals surface area (Å²) in [5.74, 6) is 0.990. The first-order valence-corrected chi connectivity index (χ1v) is 9.25. The summed E-state index contributed by atoms with van der Waals surface area (Å²) in [5.41, 5.74) is 2.98. The summed E-state index contributed by atoms with van der Waals surface area (Å²) in [5, 5.41) is 12.1. The molecule has 0 aromatic heterocycles. The van der Waals surface area contributed by atoms with Crippen molar-refractivity contribution in [2.75, 3.05) is 23.7 Å². The molecule has 0 unspecified atom stereocenters. The summed E-state index contributed by atoms with van der Waals surface area (Å²) in [7, 11) is 0. The molecule has 2 aliphatic rings. The second-order valence-electron chi connectivity index (χ2n) is 6.57. The zero-order valence-electron chi connectivity index (χ0n) is 13.8. The first kappa shape index (κ1) is 16.7. The van der Waals surface area contributed by atoms with Gasteiger partial charge in [-0.15, -0.1) is 0 Å². The predicted octanol–water partition coefficient (Wildman–Crippen LogP) is 4.55. The Balaban J connectivity index is 1.68. The molecule has 6 heteroatoms. The molecule has 0 saturated carbocycles. The van der Waals surface area contributed by atoms with Crippen molar-refractivity contribution >= 4 is 40.4 Å². The number of aliphatic imine (C=N–C) groups is 1. The minimum atomic E-state index is -0.179. The molecule has 0 amide bonds. The van der Waals surface area contributed by atoms with Gasteiger partial charge in [-0.25, -0.2) is 0 Å². The van der Waals surface area contributed by atoms with Crippen LogP contribution >= 0.6 is 23.2 Å². The second-order valence-corrected chi connectivity index (χ2v) is 7.44. The van der Waals surface area contributed by atoms with Crippen molar-refractivity contribution < 1.29 is 0 Å². The van der Waals surface area contributed by atoms with E-state index < -0.39 is 0 Å². The van der Waals surface area contributed by atoms with Gasteiger partial charge >= 0.3 is 0 Å². The van der Waals surface area contributed by atoms with E-state index in [9.17, 15) is 0 Å². The van der Waals surface area contributed by atoms with Crippen molar-refractivity contribution in [2.45, 2.75) is 24.9 Å². The van der Waals surface area contributed by atoms with Gasteiger partial charge in [-0.3, -0.25) is 4.99 Å². The van der Waals surface area contributed by atoms with Crippen molar-refractivity contribution in [2.24, 2.45) is 4.99 Å². The van der Waals surface area contributed by atoms with Crippen LogP contribution in [0.3, 0.4) is 0 Å². The van der Waals surface area contributed by atoms with E-state index in [0.29, 0.717) is 6.54 Å². The largest absolute Gasteiger partial charge is 0.371 e. The van der Waals surface area contributed by atoms with Crippen molar-refractivity contribution in [1.29, 1.82) is 0 Å². The molecule has 130 valence electrons. The number of fused-ring (bicyclic) bond motifs is 1. The average Bonchev–Trinajstić information content (AvgIpc) is 2.61. The minimum absolute atomic E-state index is 0.179. The van der Waals surface area contributed by atoms with Gasteiger partial charge < -0.3 is 16.0 Å². The number of halogens is 2. The number of benzene rings is 2. The molecule has 1 fully saturated rings. The molecule has 2 heterocycles. The molecule has 2 aromatic rings. The quantitative estimate of drug-likeness (QED) is 0.722. The maximum atomic E-state index is 6.17. The van der Waals surface area contributed by atoms with Gasteiger partial charge in [-0.1, -0.05) is 35.3 Å². The molecule has 0 radical (unpaired) electrons. The Morgan fingerprint density at radius 1 is 0.960 bits per heavy atom. The molecule has 0 atom stereocenters. The van der Waals surface area contributed by atoms with Crippen molar-refractivity contribution in [3.8, 4) is 0 Å². The standard InChI is InChI=1S/C19H20Cl2N4/c20-14-3-1-2-13(10-14)12-23-18-19(6-8-22-9-7-19)25-17-11-15(21)4-5-16(17)24-18/h1-5,10-11,22,25H,6-9,12H2,(H,23,24). The third kappa shape index (κ3) is 3.47. The maximum Gasteiger partial charge on any atom is 0.127 e. The fourth-order valence-corrected chi connectivity index (χ4v) is 3.89. The van der Waals surface area contributed by atoms with Gasteiger partial charge in [0.15, 0.2) is 0 Å². The molecule has 1 spiro atoms. The van der Waals surface area contributed by atoms with Crippen LogP contribution in [-0.4, -0.2) is 24.5 Å². The van der Waals surface area contributed by atoms with Crippen LogP contribution < -0.4 is 16.0 Å². The van der Waals surface area contributed by atoms with Crippen LogP contribution in [0.15, 0.2) is 47.5 Å². The van der Waals surface area contributed by atoms with Crippen LogP contribution in [0, 0.1) is 0 Å². The van der Waals surface area contributed by atoms with E-state index in [2.05, 4.69) is 22.0 Å². The van der Waals surface area contributed by atoms with Gasteiger partial charge in [-0.05, 0) is 61.8 Å². The van der Waals surface area contributed by atoms with Crippen molar-refractivity contribution in [3.05, 3.63) is 58.1 Å². The molecular formula is C19H20Cl2N4. The number of hydrogen-bond donors (Lipinski definition) is 3. The molecule has 3 N–H and O–H groups in total. The third-order valence-corrected chi connectivity index (χ3v) is 5.30. The number of anilines is 2. The van der Waals surface area contributed by atoms with Gasteiger partial charge in [0, 0.05) is 10.0 Å². The summed E-state index contributed by atoms with van der Waals surface area (Å²) in [6, 6.07) is 13.7. The Morgan fingerprint density at radius 3 is 2.56 bits per heavy atom. The van der Waals surface area contributed by atoms with Crippen LogP contribution in [0.5, 0.6) is 0 Å². The first-order chi connectivity index (χ1) is 12.1. The lowest BCUT2D eigenvalue weighted by Crippen LogP contribution is -2.57. The molecule has 25 heavy (non-hydrogen) atoms. The maximum absolute atomic E-state index is 6.17. The highest BCUT2D eigenvalue weighted by molar-refractivity contribution is 6.31. The Kier molecular flexibility index (Phi) is 4.59. The van der Waals surface area contributed by atoms with E-state index in [1.807, 2.05) is 36.4 Å². The normalized spacial score (nSPS) is 20.0. The van der Waals surface area contributed by atoms with Gasteiger partial charge in [0.2, 0.25) is 0 Å². The fourth-order valence-electron chi connectivity index (χ4n) is 3.50. The van der Waals surface area contributed by atoms with Crippen molar-refractivity contribution in [1.82, 2.24) is 5.32 Å². The van der Waals surface area contributed by atoms with Crippen LogP contribution in [0.4, 0.5) is 11.4 Å². The Morgan fingerprint density at radius 2 is 1.76 bits per heavy atom. The summed E-state index contributed by atoms with van der Waals surface area (Å²) in [6.07, 6.45) is 1.95. The van der Waals surface area contributed by atoms with Gasteiger partial charge in [0.25, 0.3) is 0 Å². The first-order valence-electron chi connectivity index (χ1n) is 8.49. The van der Waals surface area contributed by atoms with Crippen LogP contribution in [0.2, 0.25) is 10.0 Å². The van der Waals surface area contributed by atoms with E-state index in [-0.39, 0.29) is 5.54 Å². The summed E-state index contributed by atoms with van der Waals surface area (Å²) in [4.78, 5) is 4.92. The molecule has 2 aliphatic heterocycles. The Hall–Kier alpha value is -1.75. The monoisotopic (exact) mass is 374 g/mol. The Labute approximate surface area is 157 Å². The lowest BCUT2D eigenvalue weighted by atomic mass is 9.84. The van der Waals surface area contributed by atoms with E-state index >= 15 is 0 Å². The zero-order valence-corrected chi connectivity index (χ0v) is 15.3. The smallest absolute Gasteiger partial charge is 0.127 e. The lowest BCUT2D eigenvalue weighted by molar-refractivity contribution is 0.419. The number of nitrogens with one attached hydrogen (secondary N) is 3. The second kappa shape index (κ2) is 6.87. The highest BCUT2D eigenvalue weighted by atomic mass is 35.5. The topological polar surface area (TPSA) is 48.5 Å². The molecule has 4 nitrogen and oxygen atoms in total. The number of hydrogen-bond acceptors (Lipinski definition) is 3. The average molecular weight is 375 g/mol. The van der Waals surface area contributed by atoms with Crippen LogP contribution in [-0.2, 0) is 6.54 Å². The number of rotatable bonds is 2. The van der Waals surface area contributed by atoms with Crippen LogP contribution in [0.1, 0.15) is 18.4 Å². The summed E-state index contributed by atoms with van der Waals surface area (Å²) < 4.78 is 0. The van der Waals surface area contributed by atoms with E-state index in [1.54, 1.807) is 0 Å². The van der Waals surface area contributed by atoms with Crippen molar-refractivity contribution in [3.63, 3.8) is 0 Å². The fraction of sp³-hybridized carbons (Fsp3) is 0.316. The van der Waals surface area contributed by atoms with Gasteiger partial charge in [-0.2, -0.15) is 0 Å². The predicted molar refractivity (Wildman–Crippen MR) is 106 cm³/mol. The SMILES string of the molecule is Clc1cccc(CN=C2Nc3ccc(Cl)cc3NC23CCNCC3)c1. The van der Waals surface area contributed by atoms with Crippen LogP contribution in [0.25, 0.3) is 0 Å². The third-order valence-electron chi connectivity index (χ3n) is 4.83. The van der Waals surface area contributed by atoms with E-state index in [1.165, 1.54) is 0 Å². The molecule has 0 aliphatic carbocycles. The highest BCUT2D eigenvalue weighted by Crippen LogP contribution is 2.37. The molecule has 2 aromatic carbocycles.